The Morgan fingerprint density at radius 3 is 2.49 bits per heavy atom. The van der Waals surface area contributed by atoms with Crippen LogP contribution in [-0.2, 0) is 31.6 Å². The number of aliphatic hydroxyl groups excluding tert-OH is 1. The number of anilines is 1. The number of phosphoric acid groups is 3. The topological polar surface area (TPSA) is 285 Å². The van der Waals surface area contributed by atoms with E-state index in [0.29, 0.717) is 0 Å². The molecule has 1 fully saturated rings. The quantitative estimate of drug-likeness (QED) is 0.150. The highest BCUT2D eigenvalue weighted by molar-refractivity contribution is 7.66. The number of nitrogens with zero attached hydrogens (tertiary/aromatic N) is 4. The predicted molar refractivity (Wildman–Crippen MR) is 115 cm³/mol. The molecule has 1 aliphatic heterocycles. The molecule has 9 N–H and O–H groups in total. The average molecular weight is 579 g/mol. The van der Waals surface area contributed by atoms with Crippen LogP contribution < -0.4 is 11.5 Å². The van der Waals surface area contributed by atoms with Crippen LogP contribution in [0.15, 0.2) is 12.5 Å². The fraction of sp³-hybridized carbons (Fsp3) is 0.462. The van der Waals surface area contributed by atoms with Crippen molar-refractivity contribution in [3.05, 3.63) is 12.5 Å². The number of phosphoric ester groups is 1. The van der Waals surface area contributed by atoms with Gasteiger partial charge in [-0.05, 0) is 18.5 Å². The van der Waals surface area contributed by atoms with Gasteiger partial charge in [0, 0.05) is 5.38 Å². The molecule has 3 unspecified atom stereocenters. The molecule has 0 aliphatic carbocycles. The van der Waals surface area contributed by atoms with E-state index in [4.69, 9.17) is 42.1 Å². The summed E-state index contributed by atoms with van der Waals surface area (Å²) < 4.78 is 53.5. The highest BCUT2D eigenvalue weighted by atomic mass is 35.5. The lowest BCUT2D eigenvalue weighted by Crippen LogP contribution is -2.54. The number of hydrogen-bond acceptors (Lipinski definition) is 13. The number of hydrogen-bond donors (Lipinski definition) is 7. The number of fused-ring (bicyclic) bond motifs is 1. The predicted octanol–water partition coefficient (Wildman–Crippen LogP) is -0.704. The Bertz CT molecular complexity index is 1330. The maximum atomic E-state index is 12.2. The molecule has 3 rings (SSSR count). The molecular weight excluding hydrogens is 561 g/mol. The van der Waals surface area contributed by atoms with E-state index in [2.05, 4.69) is 29.5 Å². The van der Waals surface area contributed by atoms with Crippen LogP contribution in [0.4, 0.5) is 5.95 Å². The highest BCUT2D eigenvalue weighted by Crippen LogP contribution is 2.66. The third-order valence-electron chi connectivity index (χ3n) is 4.52. The van der Waals surface area contributed by atoms with Crippen molar-refractivity contribution in [2.75, 3.05) is 5.73 Å². The van der Waals surface area contributed by atoms with Crippen LogP contribution in [0.3, 0.4) is 0 Å². The van der Waals surface area contributed by atoms with E-state index in [1.54, 1.807) is 0 Å². The summed E-state index contributed by atoms with van der Waals surface area (Å²) >= 11 is 5.52. The Morgan fingerprint density at radius 1 is 1.23 bits per heavy atom. The van der Waals surface area contributed by atoms with Crippen molar-refractivity contribution in [3.63, 3.8) is 0 Å². The number of imidazole rings is 1. The number of nitrogen functional groups attached to an aromatic ring is 1. The fourth-order valence-corrected chi connectivity index (χ4v) is 6.58. The number of aliphatic hydroxyl groups is 1. The van der Waals surface area contributed by atoms with Gasteiger partial charge in [-0.2, -0.15) is 13.6 Å². The van der Waals surface area contributed by atoms with Gasteiger partial charge in [0.15, 0.2) is 17.4 Å². The summed E-state index contributed by atoms with van der Waals surface area (Å²) in [6.07, 6.45) is -3.78. The van der Waals surface area contributed by atoms with Crippen molar-refractivity contribution in [1.29, 1.82) is 0 Å². The average Bonchev–Trinajstić information content (AvgIpc) is 3.17. The molecule has 2 aromatic heterocycles. The Balaban J connectivity index is 1.89. The molecule has 1 saturated heterocycles. The molecule has 3 heterocycles. The van der Waals surface area contributed by atoms with Crippen LogP contribution in [0, 0.1) is 11.3 Å². The van der Waals surface area contributed by atoms with Crippen LogP contribution in [0.5, 0.6) is 0 Å². The van der Waals surface area contributed by atoms with Gasteiger partial charge in [0.2, 0.25) is 5.95 Å². The van der Waals surface area contributed by atoms with Crippen LogP contribution in [0.25, 0.3) is 11.2 Å². The molecule has 0 spiro atoms. The lowest BCUT2D eigenvalue weighted by molar-refractivity contribution is -0.0733. The van der Waals surface area contributed by atoms with Crippen molar-refractivity contribution in [3.8, 4) is 11.3 Å². The lowest BCUT2D eigenvalue weighted by atomic mass is 9.90. The Morgan fingerprint density at radius 2 is 1.89 bits per heavy atom. The Kier molecular flexibility index (Phi) is 7.82. The molecule has 2 aromatic rings. The van der Waals surface area contributed by atoms with Crippen molar-refractivity contribution in [1.82, 2.24) is 19.5 Å². The second-order valence-corrected chi connectivity index (χ2v) is 11.6. The summed E-state index contributed by atoms with van der Waals surface area (Å²) in [5, 5.41) is 12.9. The third-order valence-corrected chi connectivity index (χ3v) is 8.54. The largest absolute Gasteiger partial charge is 0.490 e. The van der Waals surface area contributed by atoms with E-state index >= 15 is 0 Å². The molecule has 18 nitrogen and oxygen atoms in total. The monoisotopic (exact) mass is 578 g/mol. The molecular formula is C13H18ClN6O12P3. The van der Waals surface area contributed by atoms with E-state index in [1.165, 1.54) is 17.1 Å². The second kappa shape index (κ2) is 9.75. The smallest absolute Gasteiger partial charge is 0.387 e. The summed E-state index contributed by atoms with van der Waals surface area (Å²) in [5.74, 6) is 2.26. The van der Waals surface area contributed by atoms with Gasteiger partial charge in [-0.3, -0.25) is 9.09 Å². The first-order chi connectivity index (χ1) is 16.0. The molecule has 22 heteroatoms. The first-order valence-corrected chi connectivity index (χ1v) is 13.9. The van der Waals surface area contributed by atoms with Gasteiger partial charge >= 0.3 is 23.5 Å². The van der Waals surface area contributed by atoms with Crippen molar-refractivity contribution in [2.24, 2.45) is 5.73 Å². The van der Waals surface area contributed by atoms with E-state index in [9.17, 15) is 28.6 Å². The normalized spacial score (nSPS) is 29.2. The van der Waals surface area contributed by atoms with Gasteiger partial charge in [-0.25, -0.2) is 23.7 Å². The van der Waals surface area contributed by atoms with Crippen LogP contribution in [0.1, 0.15) is 13.2 Å². The zero-order chi connectivity index (χ0) is 26.4. The lowest BCUT2D eigenvalue weighted by Gasteiger charge is -2.28. The molecule has 1 aliphatic rings. The van der Waals surface area contributed by atoms with Gasteiger partial charge in [0.05, 0.1) is 18.6 Å². The van der Waals surface area contributed by atoms with Gasteiger partial charge in [-0.15, -0.1) is 0 Å². The second-order valence-electron chi connectivity index (χ2n) is 7.04. The van der Waals surface area contributed by atoms with Gasteiger partial charge in [-0.1, -0.05) is 5.92 Å². The zero-order valence-corrected chi connectivity index (χ0v) is 20.7. The number of aromatic nitrogens is 4. The van der Waals surface area contributed by atoms with E-state index < -0.39 is 53.5 Å². The molecule has 194 valence electrons. The minimum absolute atomic E-state index is 0.124. The highest BCUT2D eigenvalue weighted by Gasteiger charge is 2.57. The molecule has 7 atom stereocenters. The summed E-state index contributed by atoms with van der Waals surface area (Å²) in [6.45, 7) is 1.09. The van der Waals surface area contributed by atoms with Gasteiger partial charge in [0.25, 0.3) is 0 Å². The number of ether oxygens (including phenoxy) is 1. The minimum atomic E-state index is -5.77. The maximum Gasteiger partial charge on any atom is 0.490 e. The molecule has 0 aromatic carbocycles. The van der Waals surface area contributed by atoms with E-state index in [0.717, 1.165) is 6.92 Å². The van der Waals surface area contributed by atoms with E-state index in [1.807, 2.05) is 5.38 Å². The van der Waals surface area contributed by atoms with Crippen molar-refractivity contribution < 1.29 is 56.3 Å². The first-order valence-electron chi connectivity index (χ1n) is 9.00. The molecule has 0 amide bonds. The maximum absolute atomic E-state index is 12.2. The third kappa shape index (κ3) is 6.25. The standard InChI is InChI=1S/C13H18ClN6O12P3/c1-6(30-34(25,26)32-35(27,28)31-33(22,23)24)8-9(21)13(16,2-3-14)11(29-8)20-5-18-7-4-17-12(15)19-10(7)20/h4-6,8-9,11,21H,16H2,1H3,(H,25,26)(H,27,28)(H2,15,17,19)(H2,22,23,24)/t6-,8+,9-,11+,13?/m0/s1. The number of nitrogens with two attached hydrogens (primary N) is 2. The van der Waals surface area contributed by atoms with Crippen molar-refractivity contribution in [2.45, 2.75) is 37.0 Å². The van der Waals surface area contributed by atoms with Crippen LogP contribution in [-0.4, -0.2) is 68.1 Å². The van der Waals surface area contributed by atoms with Crippen LogP contribution >= 0.6 is 35.1 Å². The van der Waals surface area contributed by atoms with Crippen LogP contribution in [0.2, 0.25) is 0 Å². The Labute approximate surface area is 200 Å². The van der Waals surface area contributed by atoms with Crippen molar-refractivity contribution >= 4 is 52.2 Å². The Hall–Kier alpha value is -1.51. The molecule has 35 heavy (non-hydrogen) atoms. The minimum Gasteiger partial charge on any atom is -0.387 e. The summed E-state index contributed by atoms with van der Waals surface area (Å²) in [6, 6.07) is 0. The van der Waals surface area contributed by atoms with E-state index in [-0.39, 0.29) is 17.1 Å². The zero-order valence-electron chi connectivity index (χ0n) is 17.2. The summed E-state index contributed by atoms with van der Waals surface area (Å²) in [5.41, 5.74) is 10.3. The van der Waals surface area contributed by atoms with Gasteiger partial charge in [0.1, 0.15) is 17.7 Å². The first kappa shape index (κ1) is 28.1. The summed E-state index contributed by atoms with van der Waals surface area (Å²) in [4.78, 5) is 48.2. The SMILES string of the molecule is C[C@H](OP(=O)(O)OP(=O)(O)OP(=O)(O)O)[C@H]1O[C@@H](n2cnc3cnc(N)nc32)C(N)(C#CCl)[C@H]1O. The molecule has 0 bridgehead atoms. The number of rotatable bonds is 8. The number of halogens is 1. The fourth-order valence-electron chi connectivity index (χ4n) is 3.21. The van der Waals surface area contributed by atoms with Gasteiger partial charge < -0.3 is 40.9 Å². The molecule has 0 saturated carbocycles. The summed E-state index contributed by atoms with van der Waals surface area (Å²) in [7, 11) is -16.9. The molecule has 0 radical (unpaired) electrons.